The Morgan fingerprint density at radius 1 is 1.21 bits per heavy atom. The summed E-state index contributed by atoms with van der Waals surface area (Å²) in [6.07, 6.45) is 1.10. The highest BCUT2D eigenvalue weighted by Crippen LogP contribution is 2.29. The van der Waals surface area contributed by atoms with Crippen LogP contribution in [0.3, 0.4) is 0 Å². The minimum Gasteiger partial charge on any atom is -0.490 e. The molecule has 182 valence electrons. The fourth-order valence-corrected chi connectivity index (χ4v) is 3.72. The van der Waals surface area contributed by atoms with Gasteiger partial charge in [0.05, 0.1) is 18.5 Å². The SMILES string of the molecule is COC(=O)Cc1c[nH]c2cccc(OCC(O)CN(Cc3ccc([N+](=O)[O-])cc3)C(C)(C)C)c12. The van der Waals surface area contributed by atoms with Crippen molar-refractivity contribution in [1.82, 2.24) is 9.88 Å². The number of carbonyl (C=O) groups is 1. The third kappa shape index (κ3) is 6.33. The molecule has 0 saturated heterocycles. The number of ether oxygens (including phenoxy) is 2. The summed E-state index contributed by atoms with van der Waals surface area (Å²) in [5.41, 5.74) is 2.31. The number of hydrogen-bond acceptors (Lipinski definition) is 7. The van der Waals surface area contributed by atoms with E-state index in [-0.39, 0.29) is 30.2 Å². The maximum atomic E-state index is 11.8. The highest BCUT2D eigenvalue weighted by molar-refractivity contribution is 5.92. The van der Waals surface area contributed by atoms with E-state index in [9.17, 15) is 20.0 Å². The quantitative estimate of drug-likeness (QED) is 0.263. The van der Waals surface area contributed by atoms with Crippen molar-refractivity contribution in [3.8, 4) is 5.75 Å². The molecule has 3 rings (SSSR count). The van der Waals surface area contributed by atoms with Crippen molar-refractivity contribution in [1.29, 1.82) is 0 Å². The molecule has 0 aliphatic carbocycles. The summed E-state index contributed by atoms with van der Waals surface area (Å²) in [4.78, 5) is 27.5. The number of hydrogen-bond donors (Lipinski definition) is 2. The number of nitro groups is 1. The van der Waals surface area contributed by atoms with Crippen LogP contribution in [-0.2, 0) is 22.5 Å². The Hall–Kier alpha value is -3.43. The van der Waals surface area contributed by atoms with Gasteiger partial charge in [-0.15, -0.1) is 0 Å². The number of benzene rings is 2. The first kappa shape index (κ1) is 25.2. The van der Waals surface area contributed by atoms with Crippen molar-refractivity contribution >= 4 is 22.6 Å². The molecule has 0 spiro atoms. The van der Waals surface area contributed by atoms with Gasteiger partial charge >= 0.3 is 5.97 Å². The number of methoxy groups -OCH3 is 1. The van der Waals surface area contributed by atoms with Gasteiger partial charge in [0.15, 0.2) is 0 Å². The van der Waals surface area contributed by atoms with E-state index in [1.165, 1.54) is 19.2 Å². The van der Waals surface area contributed by atoms with Gasteiger partial charge in [0, 0.05) is 47.9 Å². The predicted octanol–water partition coefficient (Wildman–Crippen LogP) is 3.83. The summed E-state index contributed by atoms with van der Waals surface area (Å²) in [5, 5.41) is 22.5. The van der Waals surface area contributed by atoms with Crippen molar-refractivity contribution in [2.75, 3.05) is 20.3 Å². The molecule has 0 aliphatic rings. The summed E-state index contributed by atoms with van der Waals surface area (Å²) >= 11 is 0. The molecule has 0 aliphatic heterocycles. The lowest BCUT2D eigenvalue weighted by Crippen LogP contribution is -2.46. The van der Waals surface area contributed by atoms with Crippen molar-refractivity contribution in [2.24, 2.45) is 0 Å². The van der Waals surface area contributed by atoms with Gasteiger partial charge in [-0.3, -0.25) is 19.8 Å². The van der Waals surface area contributed by atoms with E-state index in [0.29, 0.717) is 18.8 Å². The fourth-order valence-electron chi connectivity index (χ4n) is 3.72. The number of β-amino-alcohol motifs (C(OH)–C–C–N with tert-alkyl or cyclic N) is 1. The zero-order chi connectivity index (χ0) is 24.9. The molecule has 0 fully saturated rings. The Kier molecular flexibility index (Phi) is 7.90. The van der Waals surface area contributed by atoms with E-state index < -0.39 is 11.0 Å². The first-order chi connectivity index (χ1) is 16.1. The minimum absolute atomic E-state index is 0.0463. The maximum absolute atomic E-state index is 11.8. The number of fused-ring (bicyclic) bond motifs is 1. The number of nitro benzene ring substituents is 1. The van der Waals surface area contributed by atoms with Gasteiger partial charge in [-0.1, -0.05) is 18.2 Å². The number of carbonyl (C=O) groups excluding carboxylic acids is 1. The van der Waals surface area contributed by atoms with Crippen LogP contribution in [0.1, 0.15) is 31.9 Å². The third-order valence-electron chi connectivity index (χ3n) is 5.64. The Bertz CT molecular complexity index is 1130. The zero-order valence-corrected chi connectivity index (χ0v) is 19.9. The normalized spacial score (nSPS) is 12.6. The van der Waals surface area contributed by atoms with Crippen molar-refractivity contribution in [2.45, 2.75) is 45.4 Å². The molecule has 9 heteroatoms. The maximum Gasteiger partial charge on any atom is 0.310 e. The minimum atomic E-state index is -0.782. The zero-order valence-electron chi connectivity index (χ0n) is 19.9. The molecule has 0 saturated carbocycles. The number of nitrogens with zero attached hydrogens (tertiary/aromatic N) is 2. The van der Waals surface area contributed by atoms with Crippen LogP contribution in [0.5, 0.6) is 5.75 Å². The van der Waals surface area contributed by atoms with E-state index in [1.54, 1.807) is 18.3 Å². The third-order valence-corrected chi connectivity index (χ3v) is 5.64. The van der Waals surface area contributed by atoms with Crippen LogP contribution in [0, 0.1) is 10.1 Å². The van der Waals surface area contributed by atoms with Crippen LogP contribution < -0.4 is 4.74 Å². The average Bonchev–Trinajstić information content (AvgIpc) is 3.20. The summed E-state index contributed by atoms with van der Waals surface area (Å²) in [6, 6.07) is 12.0. The van der Waals surface area contributed by atoms with Crippen LogP contribution in [0.4, 0.5) is 5.69 Å². The molecule has 0 amide bonds. The number of H-pyrrole nitrogens is 1. The lowest BCUT2D eigenvalue weighted by Gasteiger charge is -2.37. The molecule has 0 bridgehead atoms. The lowest BCUT2D eigenvalue weighted by molar-refractivity contribution is -0.384. The van der Waals surface area contributed by atoms with Gasteiger partial charge in [0.25, 0.3) is 5.69 Å². The van der Waals surface area contributed by atoms with E-state index >= 15 is 0 Å². The molecule has 1 unspecified atom stereocenters. The van der Waals surface area contributed by atoms with Crippen LogP contribution >= 0.6 is 0 Å². The second-order valence-corrected chi connectivity index (χ2v) is 9.19. The second-order valence-electron chi connectivity index (χ2n) is 9.19. The number of aliphatic hydroxyl groups is 1. The largest absolute Gasteiger partial charge is 0.490 e. The molecule has 9 nitrogen and oxygen atoms in total. The predicted molar refractivity (Wildman–Crippen MR) is 129 cm³/mol. The number of aromatic nitrogens is 1. The number of esters is 1. The van der Waals surface area contributed by atoms with Crippen molar-refractivity contribution < 1.29 is 24.3 Å². The number of non-ortho nitro benzene ring substituents is 1. The van der Waals surface area contributed by atoms with E-state index in [0.717, 1.165) is 22.0 Å². The summed E-state index contributed by atoms with van der Waals surface area (Å²) in [5.74, 6) is 0.234. The number of aromatic amines is 1. The van der Waals surface area contributed by atoms with Gasteiger partial charge in [0.1, 0.15) is 18.5 Å². The molecule has 1 atom stereocenters. The van der Waals surface area contributed by atoms with E-state index in [4.69, 9.17) is 9.47 Å². The van der Waals surface area contributed by atoms with Crippen LogP contribution in [0.15, 0.2) is 48.7 Å². The highest BCUT2D eigenvalue weighted by Gasteiger charge is 2.25. The van der Waals surface area contributed by atoms with Crippen LogP contribution in [-0.4, -0.2) is 57.8 Å². The molecule has 1 aromatic heterocycles. The summed E-state index contributed by atoms with van der Waals surface area (Å²) in [7, 11) is 1.35. The highest BCUT2D eigenvalue weighted by atomic mass is 16.6. The topological polar surface area (TPSA) is 118 Å². The lowest BCUT2D eigenvalue weighted by atomic mass is 10.0. The monoisotopic (exact) mass is 469 g/mol. The second kappa shape index (κ2) is 10.7. The van der Waals surface area contributed by atoms with Crippen LogP contribution in [0.25, 0.3) is 10.9 Å². The van der Waals surface area contributed by atoms with E-state index in [2.05, 4.69) is 9.88 Å². The summed E-state index contributed by atoms with van der Waals surface area (Å²) in [6.45, 7) is 7.07. The van der Waals surface area contributed by atoms with Gasteiger partial charge in [-0.25, -0.2) is 0 Å². The Balaban J connectivity index is 1.69. The Labute approximate surface area is 198 Å². The first-order valence-corrected chi connectivity index (χ1v) is 11.0. The standard InChI is InChI=1S/C25H31N3O6/c1-25(2,3)27(14-17-8-10-19(11-9-17)28(31)32)15-20(29)16-34-22-7-5-6-21-24(22)18(13-26-21)12-23(30)33-4/h5-11,13,20,26,29H,12,14-16H2,1-4H3. The average molecular weight is 470 g/mol. The van der Waals surface area contributed by atoms with E-state index in [1.807, 2.05) is 39.0 Å². The first-order valence-electron chi connectivity index (χ1n) is 11.0. The smallest absolute Gasteiger partial charge is 0.310 e. The van der Waals surface area contributed by atoms with Crippen molar-refractivity contribution in [3.63, 3.8) is 0 Å². The molecule has 2 aromatic carbocycles. The van der Waals surface area contributed by atoms with Gasteiger partial charge in [-0.2, -0.15) is 0 Å². The Morgan fingerprint density at radius 2 is 1.91 bits per heavy atom. The van der Waals surface area contributed by atoms with Gasteiger partial charge in [-0.05, 0) is 44.0 Å². The molecular formula is C25H31N3O6. The van der Waals surface area contributed by atoms with Gasteiger partial charge < -0.3 is 19.6 Å². The number of nitrogens with one attached hydrogen (secondary N) is 1. The van der Waals surface area contributed by atoms with Gasteiger partial charge in [0.2, 0.25) is 0 Å². The fraction of sp³-hybridized carbons (Fsp3) is 0.400. The number of aliphatic hydroxyl groups excluding tert-OH is 1. The molecular weight excluding hydrogens is 438 g/mol. The molecule has 3 aromatic rings. The van der Waals surface area contributed by atoms with Crippen LogP contribution in [0.2, 0.25) is 0 Å². The summed E-state index contributed by atoms with van der Waals surface area (Å²) < 4.78 is 10.8. The number of rotatable bonds is 10. The molecule has 2 N–H and O–H groups in total. The Morgan fingerprint density at radius 3 is 2.53 bits per heavy atom. The molecule has 34 heavy (non-hydrogen) atoms. The molecule has 1 heterocycles. The molecule has 0 radical (unpaired) electrons. The van der Waals surface area contributed by atoms with Crippen molar-refractivity contribution in [3.05, 3.63) is 69.9 Å².